The van der Waals surface area contributed by atoms with E-state index in [1.807, 2.05) is 31.2 Å². The first-order valence-corrected chi connectivity index (χ1v) is 7.36. The highest BCUT2D eigenvalue weighted by Gasteiger charge is 2.48. The van der Waals surface area contributed by atoms with Crippen molar-refractivity contribution in [3.05, 3.63) is 71.0 Å². The highest BCUT2D eigenvalue weighted by atomic mass is 19.1. The fourth-order valence-corrected chi connectivity index (χ4v) is 2.72. The Bertz CT molecular complexity index is 773. The average Bonchev–Trinajstić information content (AvgIpc) is 2.74. The molecule has 118 valence electrons. The summed E-state index contributed by atoms with van der Waals surface area (Å²) < 4.78 is 13.8. The van der Waals surface area contributed by atoms with Gasteiger partial charge < -0.3 is 5.32 Å². The molecule has 3 amide bonds. The van der Waals surface area contributed by atoms with Crippen LogP contribution in [0.3, 0.4) is 0 Å². The lowest BCUT2D eigenvalue weighted by Gasteiger charge is -2.22. The van der Waals surface area contributed by atoms with E-state index in [4.69, 9.17) is 0 Å². The van der Waals surface area contributed by atoms with Crippen LogP contribution in [0.5, 0.6) is 0 Å². The van der Waals surface area contributed by atoms with Gasteiger partial charge in [-0.1, -0.05) is 48.0 Å². The zero-order chi connectivity index (χ0) is 16.6. The lowest BCUT2D eigenvalue weighted by molar-refractivity contribution is -0.131. The zero-order valence-corrected chi connectivity index (χ0v) is 13.0. The molecule has 23 heavy (non-hydrogen) atoms. The first-order valence-electron chi connectivity index (χ1n) is 7.36. The number of carbonyl (C=O) groups is 2. The lowest BCUT2D eigenvalue weighted by atomic mass is 9.91. The van der Waals surface area contributed by atoms with Crippen LogP contribution < -0.4 is 5.32 Å². The van der Waals surface area contributed by atoms with E-state index in [1.165, 1.54) is 6.07 Å². The van der Waals surface area contributed by atoms with Crippen LogP contribution in [0.4, 0.5) is 9.18 Å². The number of hydrogen-bond acceptors (Lipinski definition) is 2. The normalized spacial score (nSPS) is 20.7. The molecule has 1 aliphatic rings. The molecule has 1 fully saturated rings. The van der Waals surface area contributed by atoms with Crippen LogP contribution >= 0.6 is 0 Å². The number of carbonyl (C=O) groups excluding carboxylic acids is 2. The van der Waals surface area contributed by atoms with Gasteiger partial charge in [-0.3, -0.25) is 9.69 Å². The van der Waals surface area contributed by atoms with Crippen molar-refractivity contribution in [1.29, 1.82) is 0 Å². The Morgan fingerprint density at radius 2 is 1.74 bits per heavy atom. The van der Waals surface area contributed by atoms with E-state index < -0.39 is 17.4 Å². The standard InChI is InChI=1S/C18H17FN2O2/c1-12-7-9-14(10-8-12)18(2)16(22)21(17(23)20-18)11-13-5-3-4-6-15(13)19/h3-10H,11H2,1-2H3,(H,20,23)/t18-/m1/s1. The number of aryl methyl sites for hydroxylation is 1. The molecule has 1 saturated heterocycles. The smallest absolute Gasteiger partial charge is 0.319 e. The van der Waals surface area contributed by atoms with Crippen molar-refractivity contribution in [2.75, 3.05) is 0 Å². The average molecular weight is 312 g/mol. The number of halogens is 1. The van der Waals surface area contributed by atoms with Crippen molar-refractivity contribution in [1.82, 2.24) is 10.2 Å². The monoisotopic (exact) mass is 312 g/mol. The number of urea groups is 1. The maximum absolute atomic E-state index is 13.8. The fourth-order valence-electron chi connectivity index (χ4n) is 2.72. The molecule has 0 unspecified atom stereocenters. The second kappa shape index (κ2) is 5.50. The van der Waals surface area contributed by atoms with Gasteiger partial charge in [-0.15, -0.1) is 0 Å². The van der Waals surface area contributed by atoms with Crippen molar-refractivity contribution < 1.29 is 14.0 Å². The number of hydrogen-bond donors (Lipinski definition) is 1. The third kappa shape index (κ3) is 2.59. The van der Waals surface area contributed by atoms with Gasteiger partial charge in [-0.05, 0) is 25.5 Å². The molecule has 1 atom stereocenters. The quantitative estimate of drug-likeness (QED) is 0.885. The molecule has 1 heterocycles. The van der Waals surface area contributed by atoms with Gasteiger partial charge in [0.05, 0.1) is 6.54 Å². The summed E-state index contributed by atoms with van der Waals surface area (Å²) in [4.78, 5) is 26.0. The van der Waals surface area contributed by atoms with Crippen LogP contribution in [0.2, 0.25) is 0 Å². The summed E-state index contributed by atoms with van der Waals surface area (Å²) in [6, 6.07) is 13.0. The molecule has 1 aliphatic heterocycles. The van der Waals surface area contributed by atoms with Gasteiger partial charge in [0.2, 0.25) is 0 Å². The molecule has 0 aliphatic carbocycles. The number of imide groups is 1. The molecule has 0 bridgehead atoms. The lowest BCUT2D eigenvalue weighted by Crippen LogP contribution is -2.40. The second-order valence-electron chi connectivity index (χ2n) is 5.90. The molecule has 0 spiro atoms. The number of nitrogens with one attached hydrogen (secondary N) is 1. The van der Waals surface area contributed by atoms with E-state index in [0.717, 1.165) is 10.5 Å². The number of rotatable bonds is 3. The Labute approximate surface area is 133 Å². The predicted octanol–water partition coefficient (Wildman–Crippen LogP) is 3.10. The summed E-state index contributed by atoms with van der Waals surface area (Å²) in [6.07, 6.45) is 0. The molecule has 1 N–H and O–H groups in total. The molecule has 3 rings (SSSR count). The Kier molecular flexibility index (Phi) is 3.64. The van der Waals surface area contributed by atoms with Crippen LogP contribution in [0, 0.1) is 12.7 Å². The summed E-state index contributed by atoms with van der Waals surface area (Å²) in [5.41, 5.74) is 0.953. The Balaban J connectivity index is 1.90. The van der Waals surface area contributed by atoms with Crippen molar-refractivity contribution in [2.45, 2.75) is 25.9 Å². The van der Waals surface area contributed by atoms with E-state index in [1.54, 1.807) is 25.1 Å². The molecule has 5 heteroatoms. The van der Waals surface area contributed by atoms with Crippen LogP contribution in [-0.2, 0) is 16.9 Å². The first-order chi connectivity index (χ1) is 10.9. The van der Waals surface area contributed by atoms with E-state index in [9.17, 15) is 14.0 Å². The minimum atomic E-state index is -1.13. The van der Waals surface area contributed by atoms with E-state index in [-0.39, 0.29) is 12.5 Å². The van der Waals surface area contributed by atoms with Crippen molar-refractivity contribution in [3.8, 4) is 0 Å². The van der Waals surface area contributed by atoms with Crippen LogP contribution in [-0.4, -0.2) is 16.8 Å². The molecule has 0 aromatic heterocycles. The molecule has 0 saturated carbocycles. The Morgan fingerprint density at radius 1 is 1.09 bits per heavy atom. The van der Waals surface area contributed by atoms with Gasteiger partial charge in [0.25, 0.3) is 5.91 Å². The topological polar surface area (TPSA) is 49.4 Å². The summed E-state index contributed by atoms with van der Waals surface area (Å²) in [7, 11) is 0. The zero-order valence-electron chi connectivity index (χ0n) is 13.0. The number of benzene rings is 2. The van der Waals surface area contributed by atoms with E-state index >= 15 is 0 Å². The third-order valence-electron chi connectivity index (χ3n) is 4.19. The number of amides is 3. The summed E-state index contributed by atoms with van der Waals surface area (Å²) in [5, 5.41) is 2.72. The predicted molar refractivity (Wildman–Crippen MR) is 84.0 cm³/mol. The highest BCUT2D eigenvalue weighted by molar-refractivity contribution is 6.07. The molecular formula is C18H17FN2O2. The van der Waals surface area contributed by atoms with Crippen LogP contribution in [0.15, 0.2) is 48.5 Å². The number of nitrogens with zero attached hydrogens (tertiary/aromatic N) is 1. The van der Waals surface area contributed by atoms with Gasteiger partial charge in [0, 0.05) is 5.56 Å². The summed E-state index contributed by atoms with van der Waals surface area (Å²) in [5.74, 6) is -0.813. The highest BCUT2D eigenvalue weighted by Crippen LogP contribution is 2.30. The van der Waals surface area contributed by atoms with Gasteiger partial charge in [0.1, 0.15) is 11.4 Å². The minimum absolute atomic E-state index is 0.0845. The summed E-state index contributed by atoms with van der Waals surface area (Å²) >= 11 is 0. The maximum atomic E-state index is 13.8. The van der Waals surface area contributed by atoms with Gasteiger partial charge in [-0.25, -0.2) is 9.18 Å². The van der Waals surface area contributed by atoms with Crippen molar-refractivity contribution >= 4 is 11.9 Å². The largest absolute Gasteiger partial charge is 0.325 e. The van der Waals surface area contributed by atoms with E-state index in [0.29, 0.717) is 11.1 Å². The van der Waals surface area contributed by atoms with Gasteiger partial charge >= 0.3 is 6.03 Å². The Hall–Kier alpha value is -2.69. The van der Waals surface area contributed by atoms with Crippen LogP contribution in [0.1, 0.15) is 23.6 Å². The maximum Gasteiger partial charge on any atom is 0.325 e. The Morgan fingerprint density at radius 3 is 2.39 bits per heavy atom. The first kappa shape index (κ1) is 15.2. The fraction of sp³-hybridized carbons (Fsp3) is 0.222. The van der Waals surface area contributed by atoms with Gasteiger partial charge in [-0.2, -0.15) is 0 Å². The molecule has 0 radical (unpaired) electrons. The molecule has 2 aromatic rings. The SMILES string of the molecule is Cc1ccc([C@@]2(C)NC(=O)N(Cc3ccccc3F)C2=O)cc1. The molecule has 2 aromatic carbocycles. The van der Waals surface area contributed by atoms with Gasteiger partial charge in [0.15, 0.2) is 0 Å². The molecule has 4 nitrogen and oxygen atoms in total. The second-order valence-corrected chi connectivity index (χ2v) is 5.90. The summed E-state index contributed by atoms with van der Waals surface area (Å²) in [6.45, 7) is 3.53. The van der Waals surface area contributed by atoms with E-state index in [2.05, 4.69) is 5.32 Å². The van der Waals surface area contributed by atoms with Crippen LogP contribution in [0.25, 0.3) is 0 Å². The minimum Gasteiger partial charge on any atom is -0.319 e. The molecular weight excluding hydrogens is 295 g/mol. The van der Waals surface area contributed by atoms with Crippen molar-refractivity contribution in [2.24, 2.45) is 0 Å². The third-order valence-corrected chi connectivity index (χ3v) is 4.19. The van der Waals surface area contributed by atoms with Crippen molar-refractivity contribution in [3.63, 3.8) is 0 Å².